The summed E-state index contributed by atoms with van der Waals surface area (Å²) in [6, 6.07) is 9.91. The van der Waals surface area contributed by atoms with E-state index in [1.54, 1.807) is 0 Å². The molecule has 3 unspecified atom stereocenters. The molecule has 3 nitrogen and oxygen atoms in total. The van der Waals surface area contributed by atoms with Crippen molar-refractivity contribution in [2.75, 3.05) is 0 Å². The number of esters is 1. The van der Waals surface area contributed by atoms with Gasteiger partial charge < -0.3 is 9.84 Å². The first kappa shape index (κ1) is 14.2. The molecule has 1 heterocycles. The molecule has 0 amide bonds. The fraction of sp³-hybridized carbons (Fsp3) is 0.500. The maximum atomic E-state index is 12.4. The van der Waals surface area contributed by atoms with Crippen LogP contribution in [0.25, 0.3) is 0 Å². The second-order valence-corrected chi connectivity index (χ2v) is 6.01. The Hall–Kier alpha value is -1.77. The average Bonchev–Trinajstić information content (AvgIpc) is 2.52. The number of carbonyl (C=O) groups excluding carboxylic acids is 1. The highest BCUT2D eigenvalue weighted by Gasteiger charge is 2.41. The predicted molar refractivity (Wildman–Crippen MR) is 81.0 cm³/mol. The Morgan fingerprint density at radius 3 is 2.67 bits per heavy atom. The van der Waals surface area contributed by atoms with E-state index in [1.165, 1.54) is 0 Å². The normalized spacial score (nSPS) is 27.0. The lowest BCUT2D eigenvalue weighted by molar-refractivity contribution is -0.152. The molecule has 1 saturated carbocycles. The number of hydrogen-bond donors (Lipinski definition) is 1. The van der Waals surface area contributed by atoms with Crippen molar-refractivity contribution in [3.8, 4) is 0 Å². The third kappa shape index (κ3) is 2.57. The zero-order valence-electron chi connectivity index (χ0n) is 12.4. The minimum Gasteiger partial charge on any atom is -0.511 e. The Bertz CT molecular complexity index is 547. The molecule has 1 N–H and O–H groups in total. The number of ether oxygens (including phenoxy) is 1. The van der Waals surface area contributed by atoms with Crippen LogP contribution < -0.4 is 0 Å². The number of rotatable bonds is 3. The van der Waals surface area contributed by atoms with Gasteiger partial charge in [0.1, 0.15) is 11.9 Å². The van der Waals surface area contributed by atoms with Crippen LogP contribution in [-0.4, -0.2) is 17.2 Å². The molecule has 3 rings (SSSR count). The zero-order chi connectivity index (χ0) is 14.8. The molecular weight excluding hydrogens is 264 g/mol. The van der Waals surface area contributed by atoms with Crippen molar-refractivity contribution < 1.29 is 14.6 Å². The van der Waals surface area contributed by atoms with Crippen LogP contribution >= 0.6 is 0 Å². The van der Waals surface area contributed by atoms with Gasteiger partial charge in [-0.05, 0) is 31.2 Å². The highest BCUT2D eigenvalue weighted by atomic mass is 16.5. The smallest absolute Gasteiger partial charge is 0.338 e. The summed E-state index contributed by atoms with van der Waals surface area (Å²) in [4.78, 5) is 12.4. The largest absolute Gasteiger partial charge is 0.511 e. The van der Waals surface area contributed by atoms with Crippen LogP contribution in [0.5, 0.6) is 0 Å². The van der Waals surface area contributed by atoms with Gasteiger partial charge in [0, 0.05) is 5.92 Å². The molecule has 1 aromatic carbocycles. The Balaban J connectivity index is 1.99. The van der Waals surface area contributed by atoms with E-state index in [0.717, 1.165) is 37.7 Å². The fourth-order valence-electron chi connectivity index (χ4n) is 3.67. The maximum Gasteiger partial charge on any atom is 0.338 e. The number of aliphatic hydroxyl groups is 1. The summed E-state index contributed by atoms with van der Waals surface area (Å²) in [5, 5.41) is 10.7. The quantitative estimate of drug-likeness (QED) is 0.851. The van der Waals surface area contributed by atoms with Gasteiger partial charge in [-0.15, -0.1) is 0 Å². The number of benzene rings is 1. The summed E-state index contributed by atoms with van der Waals surface area (Å²) < 4.78 is 5.62. The lowest BCUT2D eigenvalue weighted by Gasteiger charge is -2.37. The first-order valence-electron chi connectivity index (χ1n) is 7.91. The van der Waals surface area contributed by atoms with E-state index in [1.807, 2.05) is 37.3 Å². The van der Waals surface area contributed by atoms with Crippen LogP contribution in [0, 0.1) is 5.92 Å². The second kappa shape index (κ2) is 5.92. The fourth-order valence-corrected chi connectivity index (χ4v) is 3.67. The van der Waals surface area contributed by atoms with E-state index in [0.29, 0.717) is 5.57 Å². The molecule has 0 aromatic heterocycles. The van der Waals surface area contributed by atoms with E-state index >= 15 is 0 Å². The molecule has 21 heavy (non-hydrogen) atoms. The average molecular weight is 286 g/mol. The van der Waals surface area contributed by atoms with Gasteiger partial charge in [-0.2, -0.15) is 0 Å². The van der Waals surface area contributed by atoms with Crippen molar-refractivity contribution in [2.45, 2.75) is 51.0 Å². The number of fused-ring (bicyclic) bond motifs is 1. The Morgan fingerprint density at radius 2 is 1.95 bits per heavy atom. The van der Waals surface area contributed by atoms with E-state index in [2.05, 4.69) is 0 Å². The molecule has 3 atom stereocenters. The van der Waals surface area contributed by atoms with Gasteiger partial charge in [0.25, 0.3) is 0 Å². The number of aliphatic hydroxyl groups excluding tert-OH is 1. The van der Waals surface area contributed by atoms with Gasteiger partial charge in [-0.1, -0.05) is 43.7 Å². The Kier molecular flexibility index (Phi) is 4.00. The van der Waals surface area contributed by atoms with Crippen molar-refractivity contribution in [1.29, 1.82) is 0 Å². The van der Waals surface area contributed by atoms with Crippen LogP contribution in [0.2, 0.25) is 0 Å². The summed E-state index contributed by atoms with van der Waals surface area (Å²) in [5.41, 5.74) is 1.54. The Morgan fingerprint density at radius 1 is 1.24 bits per heavy atom. The SMILES string of the molecule is CCC(C1=C(O)C2CCCCC2OC1=O)c1ccccc1. The lowest BCUT2D eigenvalue weighted by Crippen LogP contribution is -2.38. The van der Waals surface area contributed by atoms with Crippen molar-refractivity contribution in [3.05, 3.63) is 47.2 Å². The van der Waals surface area contributed by atoms with Crippen LogP contribution in [0.4, 0.5) is 0 Å². The summed E-state index contributed by atoms with van der Waals surface area (Å²) >= 11 is 0. The lowest BCUT2D eigenvalue weighted by atomic mass is 9.78. The van der Waals surface area contributed by atoms with Crippen LogP contribution in [0.1, 0.15) is 50.5 Å². The van der Waals surface area contributed by atoms with Gasteiger partial charge >= 0.3 is 5.97 Å². The first-order valence-corrected chi connectivity index (χ1v) is 7.91. The molecular formula is C18H22O3. The summed E-state index contributed by atoms with van der Waals surface area (Å²) in [6.07, 6.45) is 4.61. The van der Waals surface area contributed by atoms with Gasteiger partial charge in [0.2, 0.25) is 0 Å². The molecule has 1 aromatic rings. The van der Waals surface area contributed by atoms with Gasteiger partial charge in [-0.25, -0.2) is 4.79 Å². The maximum absolute atomic E-state index is 12.4. The van der Waals surface area contributed by atoms with Gasteiger partial charge in [0.15, 0.2) is 0 Å². The third-order valence-electron chi connectivity index (χ3n) is 4.77. The number of carbonyl (C=O) groups is 1. The summed E-state index contributed by atoms with van der Waals surface area (Å²) in [6.45, 7) is 2.04. The molecule has 1 fully saturated rings. The molecule has 0 spiro atoms. The van der Waals surface area contributed by atoms with Crippen molar-refractivity contribution >= 4 is 5.97 Å². The minimum absolute atomic E-state index is 0.00390. The van der Waals surface area contributed by atoms with E-state index in [9.17, 15) is 9.90 Å². The van der Waals surface area contributed by atoms with Crippen molar-refractivity contribution in [2.24, 2.45) is 5.92 Å². The highest BCUT2D eigenvalue weighted by Crippen LogP contribution is 2.41. The third-order valence-corrected chi connectivity index (χ3v) is 4.77. The van der Waals surface area contributed by atoms with E-state index in [4.69, 9.17) is 4.74 Å². The van der Waals surface area contributed by atoms with Gasteiger partial charge in [0.05, 0.1) is 11.5 Å². The predicted octanol–water partition coefficient (Wildman–Crippen LogP) is 4.11. The van der Waals surface area contributed by atoms with Crippen LogP contribution in [0.15, 0.2) is 41.7 Å². The van der Waals surface area contributed by atoms with Crippen molar-refractivity contribution in [1.82, 2.24) is 0 Å². The minimum atomic E-state index is -0.327. The summed E-state index contributed by atoms with van der Waals surface area (Å²) in [5.74, 6) is -0.121. The first-order chi connectivity index (χ1) is 10.2. The van der Waals surface area contributed by atoms with Crippen LogP contribution in [-0.2, 0) is 9.53 Å². The van der Waals surface area contributed by atoms with E-state index in [-0.39, 0.29) is 29.7 Å². The molecule has 0 bridgehead atoms. The number of hydrogen-bond acceptors (Lipinski definition) is 3. The molecule has 0 radical (unpaired) electrons. The molecule has 112 valence electrons. The molecule has 1 aliphatic heterocycles. The van der Waals surface area contributed by atoms with Crippen molar-refractivity contribution in [3.63, 3.8) is 0 Å². The Labute approximate surface area is 125 Å². The van der Waals surface area contributed by atoms with Gasteiger partial charge in [-0.3, -0.25) is 0 Å². The second-order valence-electron chi connectivity index (χ2n) is 6.01. The zero-order valence-corrected chi connectivity index (χ0v) is 12.4. The topological polar surface area (TPSA) is 46.5 Å². The monoisotopic (exact) mass is 286 g/mol. The standard InChI is InChI=1S/C18H22O3/c1-2-13(12-8-4-3-5-9-12)16-17(19)14-10-6-7-11-15(14)21-18(16)20/h3-5,8-9,13-15,19H,2,6-7,10-11H2,1H3. The summed E-state index contributed by atoms with van der Waals surface area (Å²) in [7, 11) is 0. The van der Waals surface area contributed by atoms with E-state index < -0.39 is 0 Å². The molecule has 2 aliphatic rings. The molecule has 3 heteroatoms. The molecule has 1 aliphatic carbocycles. The molecule has 0 saturated heterocycles. The highest BCUT2D eigenvalue weighted by molar-refractivity contribution is 5.92. The van der Waals surface area contributed by atoms with Crippen LogP contribution in [0.3, 0.4) is 0 Å².